The summed E-state index contributed by atoms with van der Waals surface area (Å²) in [6.45, 7) is -0.881. The Balaban J connectivity index is 1.89. The Kier molecular flexibility index (Phi) is 5.68. The van der Waals surface area contributed by atoms with Crippen molar-refractivity contribution in [1.82, 2.24) is 10.2 Å². The number of imide groups is 2. The number of aliphatic carboxylic acids is 1. The Hall–Kier alpha value is -4.01. The van der Waals surface area contributed by atoms with Crippen LogP contribution in [0.2, 0.25) is 0 Å². The second-order valence-corrected chi connectivity index (χ2v) is 6.03. The molecule has 148 valence electrons. The summed E-state index contributed by atoms with van der Waals surface area (Å²) in [6, 6.07) is 10.5. The van der Waals surface area contributed by atoms with Gasteiger partial charge in [-0.15, -0.1) is 0 Å². The molecule has 1 N–H and O–H groups in total. The van der Waals surface area contributed by atoms with Crippen molar-refractivity contribution in [3.05, 3.63) is 71.0 Å². The number of carbonyl (C=O) groups excluding carboxylic acids is 4. The van der Waals surface area contributed by atoms with Crippen LogP contribution in [-0.4, -0.2) is 35.3 Å². The van der Waals surface area contributed by atoms with Crippen LogP contribution in [0.25, 0.3) is 6.08 Å². The van der Waals surface area contributed by atoms with Crippen molar-refractivity contribution in [3.63, 3.8) is 0 Å². The van der Waals surface area contributed by atoms with E-state index in [9.17, 15) is 28.7 Å². The number of nitrogens with one attached hydrogen (secondary N) is 1. The number of rotatable bonds is 6. The maximum Gasteiger partial charge on any atom is 0.331 e. The molecule has 2 aromatic rings. The van der Waals surface area contributed by atoms with Gasteiger partial charge in [-0.3, -0.25) is 19.8 Å². The molecule has 0 saturated carbocycles. The van der Waals surface area contributed by atoms with Gasteiger partial charge in [0.1, 0.15) is 23.7 Å². The molecule has 1 heterocycles. The molecule has 1 aliphatic rings. The largest absolute Gasteiger partial charge is 0.546 e. The van der Waals surface area contributed by atoms with Gasteiger partial charge in [0, 0.05) is 5.56 Å². The van der Waals surface area contributed by atoms with E-state index in [0.29, 0.717) is 5.56 Å². The summed E-state index contributed by atoms with van der Waals surface area (Å²) in [5.41, 5.74) is 0.417. The number of carboxylic acid groups (broad SMARTS) is 1. The highest BCUT2D eigenvalue weighted by molar-refractivity contribution is 6.31. The first-order valence-electron chi connectivity index (χ1n) is 8.40. The Morgan fingerprint density at radius 2 is 1.79 bits per heavy atom. The maximum absolute atomic E-state index is 13.1. The number of nitrogens with zero attached hydrogens (tertiary/aromatic N) is 1. The van der Waals surface area contributed by atoms with Gasteiger partial charge in [0.05, 0.1) is 12.5 Å². The monoisotopic (exact) mass is 397 g/mol. The Bertz CT molecular complexity index is 1020. The van der Waals surface area contributed by atoms with Crippen molar-refractivity contribution >= 4 is 29.9 Å². The summed E-state index contributed by atoms with van der Waals surface area (Å²) in [4.78, 5) is 48.5. The zero-order chi connectivity index (χ0) is 21.0. The van der Waals surface area contributed by atoms with Crippen molar-refractivity contribution in [2.45, 2.75) is 6.54 Å². The fourth-order valence-corrected chi connectivity index (χ4v) is 2.63. The van der Waals surface area contributed by atoms with Gasteiger partial charge in [-0.1, -0.05) is 30.3 Å². The maximum atomic E-state index is 13.1. The molecule has 1 aliphatic heterocycles. The molecule has 0 aromatic heterocycles. The van der Waals surface area contributed by atoms with Gasteiger partial charge in [-0.25, -0.2) is 9.18 Å². The van der Waals surface area contributed by atoms with Gasteiger partial charge in [0.25, 0.3) is 11.8 Å². The molecular formula is C20H14FN2O6-. The average molecular weight is 397 g/mol. The van der Waals surface area contributed by atoms with Gasteiger partial charge in [-0.2, -0.15) is 0 Å². The highest BCUT2D eigenvalue weighted by atomic mass is 19.1. The predicted octanol–water partition coefficient (Wildman–Crippen LogP) is 0.616. The van der Waals surface area contributed by atoms with Crippen LogP contribution in [0.15, 0.2) is 54.1 Å². The molecule has 0 unspecified atom stereocenters. The molecule has 1 saturated heterocycles. The molecule has 0 bridgehead atoms. The lowest BCUT2D eigenvalue weighted by atomic mass is 10.1. The molecule has 2 aromatic carbocycles. The van der Waals surface area contributed by atoms with Crippen LogP contribution >= 0.6 is 0 Å². The summed E-state index contributed by atoms with van der Waals surface area (Å²) >= 11 is 0. The third-order valence-corrected chi connectivity index (χ3v) is 4.00. The highest BCUT2D eigenvalue weighted by Crippen LogP contribution is 2.23. The topological polar surface area (TPSA) is 116 Å². The number of amides is 4. The van der Waals surface area contributed by atoms with E-state index in [1.165, 1.54) is 42.5 Å². The van der Waals surface area contributed by atoms with Gasteiger partial charge in [-0.05, 0) is 29.8 Å². The van der Waals surface area contributed by atoms with Crippen molar-refractivity contribution in [3.8, 4) is 5.75 Å². The lowest BCUT2D eigenvalue weighted by molar-refractivity contribution is -0.307. The molecule has 0 radical (unpaired) electrons. The van der Waals surface area contributed by atoms with Gasteiger partial charge >= 0.3 is 6.03 Å². The number of hydrogen-bond acceptors (Lipinski definition) is 6. The summed E-state index contributed by atoms with van der Waals surface area (Å²) in [5, 5.41) is 12.7. The van der Waals surface area contributed by atoms with Gasteiger partial charge in [0.2, 0.25) is 0 Å². The van der Waals surface area contributed by atoms with Gasteiger partial charge < -0.3 is 14.6 Å². The van der Waals surface area contributed by atoms with E-state index in [-0.39, 0.29) is 23.4 Å². The van der Waals surface area contributed by atoms with Crippen molar-refractivity contribution in [2.75, 3.05) is 6.61 Å². The van der Waals surface area contributed by atoms with E-state index >= 15 is 0 Å². The Morgan fingerprint density at radius 1 is 1.10 bits per heavy atom. The van der Waals surface area contributed by atoms with Crippen molar-refractivity contribution in [2.24, 2.45) is 0 Å². The normalized spacial score (nSPS) is 15.4. The third-order valence-electron chi connectivity index (χ3n) is 4.00. The van der Waals surface area contributed by atoms with E-state index in [0.717, 1.165) is 4.90 Å². The number of halogens is 1. The van der Waals surface area contributed by atoms with Crippen LogP contribution in [0.5, 0.6) is 5.75 Å². The lowest BCUT2D eigenvalue weighted by Crippen LogP contribution is -2.53. The molecule has 9 heteroatoms. The minimum atomic E-state index is -1.44. The van der Waals surface area contributed by atoms with E-state index in [4.69, 9.17) is 4.74 Å². The summed E-state index contributed by atoms with van der Waals surface area (Å²) in [5.74, 6) is -3.53. The predicted molar refractivity (Wildman–Crippen MR) is 95.4 cm³/mol. The van der Waals surface area contributed by atoms with Gasteiger partial charge in [0.15, 0.2) is 0 Å². The number of hydrogen-bond donors (Lipinski definition) is 1. The summed E-state index contributed by atoms with van der Waals surface area (Å²) < 4.78 is 18.2. The number of ether oxygens (including phenoxy) is 1. The minimum absolute atomic E-state index is 0.117. The van der Waals surface area contributed by atoms with Crippen LogP contribution in [-0.2, 0) is 20.9 Å². The molecule has 0 spiro atoms. The van der Waals surface area contributed by atoms with Crippen molar-refractivity contribution in [1.29, 1.82) is 0 Å². The molecule has 29 heavy (non-hydrogen) atoms. The highest BCUT2D eigenvalue weighted by Gasteiger charge is 2.35. The summed E-state index contributed by atoms with van der Waals surface area (Å²) in [6.07, 6.45) is 1.20. The number of carbonyl (C=O) groups is 4. The molecule has 4 amide bonds. The van der Waals surface area contributed by atoms with Crippen LogP contribution in [0.4, 0.5) is 9.18 Å². The molecule has 0 atom stereocenters. The first-order valence-corrected chi connectivity index (χ1v) is 8.40. The number of benzene rings is 2. The molecule has 0 aliphatic carbocycles. The second-order valence-electron chi connectivity index (χ2n) is 6.03. The summed E-state index contributed by atoms with van der Waals surface area (Å²) in [7, 11) is 0. The second kappa shape index (κ2) is 8.34. The molecule has 1 fully saturated rings. The lowest BCUT2D eigenvalue weighted by Gasteiger charge is -2.26. The first kappa shape index (κ1) is 19.7. The fraction of sp³-hybridized carbons (Fsp3) is 0.100. The quantitative estimate of drug-likeness (QED) is 0.564. The smallest absolute Gasteiger partial charge is 0.331 e. The van der Waals surface area contributed by atoms with E-state index < -0.39 is 36.2 Å². The van der Waals surface area contributed by atoms with E-state index in [1.54, 1.807) is 12.1 Å². The molecule has 8 nitrogen and oxygen atoms in total. The SMILES string of the molecule is O=C([O-])COc1ccccc1/C=C1\C(=O)NC(=O)N(Cc2ccc(F)cc2)C1=O. The molecular weight excluding hydrogens is 383 g/mol. The van der Waals surface area contributed by atoms with Crippen LogP contribution in [0.3, 0.4) is 0 Å². The van der Waals surface area contributed by atoms with Crippen molar-refractivity contribution < 1.29 is 33.4 Å². The van der Waals surface area contributed by atoms with Crippen LogP contribution in [0.1, 0.15) is 11.1 Å². The standard InChI is InChI=1S/C20H15FN2O6/c21-14-7-5-12(6-8-14)10-23-19(27)15(18(26)22-20(23)28)9-13-3-1-2-4-16(13)29-11-17(24)25/h1-9H,10-11H2,(H,24,25)(H,22,26,28)/p-1/b15-9+. The fourth-order valence-electron chi connectivity index (χ4n) is 2.63. The first-order chi connectivity index (χ1) is 13.8. The number of para-hydroxylation sites is 1. The van der Waals surface area contributed by atoms with Crippen LogP contribution in [0, 0.1) is 5.82 Å². The number of barbiturate groups is 1. The number of carboxylic acids is 1. The number of urea groups is 1. The van der Waals surface area contributed by atoms with E-state index in [2.05, 4.69) is 5.32 Å². The Labute approximate surface area is 164 Å². The zero-order valence-electron chi connectivity index (χ0n) is 14.9. The molecule has 3 rings (SSSR count). The Morgan fingerprint density at radius 3 is 2.48 bits per heavy atom. The average Bonchev–Trinajstić information content (AvgIpc) is 2.69. The zero-order valence-corrected chi connectivity index (χ0v) is 14.9. The third kappa shape index (κ3) is 4.64. The minimum Gasteiger partial charge on any atom is -0.546 e. The van der Waals surface area contributed by atoms with E-state index in [1.807, 2.05) is 0 Å². The van der Waals surface area contributed by atoms with Crippen LogP contribution < -0.4 is 15.2 Å².